The Morgan fingerprint density at radius 1 is 1.15 bits per heavy atom. The highest BCUT2D eigenvalue weighted by molar-refractivity contribution is 6.76. The highest BCUT2D eigenvalue weighted by Crippen LogP contribution is 2.33. The Morgan fingerprint density at radius 2 is 1.94 bits per heavy atom. The summed E-state index contributed by atoms with van der Waals surface area (Å²) in [5.41, 5.74) is 5.13. The monoisotopic (exact) mass is 466 g/mol. The van der Waals surface area contributed by atoms with Crippen molar-refractivity contribution < 1.29 is 9.13 Å². The summed E-state index contributed by atoms with van der Waals surface area (Å²) >= 11 is 0. The zero-order valence-corrected chi connectivity index (χ0v) is 21.1. The molecular formula is C24H31FN6OSi. The molecule has 33 heavy (non-hydrogen) atoms. The number of nitrogens with one attached hydrogen (secondary N) is 1. The number of rotatable bonds is 8. The standard InChI is InChI=1S/C24H31FN6OSi/c1-16-9-18(26-2)10-20(25)23(16)21-11-19-22(13-27-21)31(15-32-7-8-33(4,5)6)29-24(19)17-12-28-30(3)14-17/h9-14,26H,7-8,15H2,1-6H3. The maximum absolute atomic E-state index is 15.0. The molecule has 3 aromatic heterocycles. The Hall–Kier alpha value is -3.04. The number of anilines is 1. The molecule has 7 nitrogen and oxygen atoms in total. The average Bonchev–Trinajstić information content (AvgIpc) is 3.33. The molecule has 0 saturated heterocycles. The molecule has 0 radical (unpaired) electrons. The van der Waals surface area contributed by atoms with E-state index in [1.165, 1.54) is 6.07 Å². The molecule has 9 heteroatoms. The Balaban J connectivity index is 1.77. The quantitative estimate of drug-likeness (QED) is 0.282. The average molecular weight is 467 g/mol. The molecule has 3 heterocycles. The van der Waals surface area contributed by atoms with Gasteiger partial charge in [0.05, 0.1) is 23.6 Å². The third kappa shape index (κ3) is 4.99. The number of hydrogen-bond acceptors (Lipinski definition) is 5. The summed E-state index contributed by atoms with van der Waals surface area (Å²) in [5, 5.41) is 13.0. The number of benzene rings is 1. The van der Waals surface area contributed by atoms with Gasteiger partial charge in [-0.25, -0.2) is 9.07 Å². The van der Waals surface area contributed by atoms with E-state index in [2.05, 4.69) is 35.0 Å². The van der Waals surface area contributed by atoms with Crippen LogP contribution in [0, 0.1) is 12.7 Å². The fourth-order valence-electron chi connectivity index (χ4n) is 3.81. The van der Waals surface area contributed by atoms with E-state index in [1.807, 2.05) is 37.0 Å². The van der Waals surface area contributed by atoms with E-state index in [9.17, 15) is 4.39 Å². The predicted molar refractivity (Wildman–Crippen MR) is 134 cm³/mol. The maximum Gasteiger partial charge on any atom is 0.140 e. The highest BCUT2D eigenvalue weighted by Gasteiger charge is 2.19. The third-order valence-electron chi connectivity index (χ3n) is 5.66. The zero-order valence-electron chi connectivity index (χ0n) is 20.1. The summed E-state index contributed by atoms with van der Waals surface area (Å²) in [6.07, 6.45) is 5.46. The summed E-state index contributed by atoms with van der Waals surface area (Å²) in [5.74, 6) is -0.309. The van der Waals surface area contributed by atoms with Crippen LogP contribution in [-0.2, 0) is 18.5 Å². The molecule has 0 fully saturated rings. The van der Waals surface area contributed by atoms with Crippen molar-refractivity contribution >= 4 is 24.7 Å². The van der Waals surface area contributed by atoms with Gasteiger partial charge in [-0.3, -0.25) is 9.67 Å². The molecule has 1 aromatic carbocycles. The fourth-order valence-corrected chi connectivity index (χ4v) is 4.56. The summed E-state index contributed by atoms with van der Waals surface area (Å²) < 4.78 is 24.5. The van der Waals surface area contributed by atoms with E-state index in [4.69, 9.17) is 9.84 Å². The first-order valence-corrected chi connectivity index (χ1v) is 14.8. The van der Waals surface area contributed by atoms with E-state index in [1.54, 1.807) is 24.1 Å². The van der Waals surface area contributed by atoms with Crippen molar-refractivity contribution in [2.75, 3.05) is 19.0 Å². The Bertz CT molecular complexity index is 1270. The van der Waals surface area contributed by atoms with Crippen LogP contribution in [0.2, 0.25) is 25.7 Å². The van der Waals surface area contributed by atoms with E-state index in [-0.39, 0.29) is 5.82 Å². The molecule has 0 aliphatic rings. The summed E-state index contributed by atoms with van der Waals surface area (Å²) in [6.45, 7) is 9.92. The molecule has 0 aliphatic heterocycles. The number of aryl methyl sites for hydroxylation is 2. The van der Waals surface area contributed by atoms with Crippen molar-refractivity contribution in [2.24, 2.45) is 7.05 Å². The number of hydrogen-bond donors (Lipinski definition) is 1. The normalized spacial score (nSPS) is 12.0. The molecule has 0 aliphatic carbocycles. The first-order chi connectivity index (χ1) is 15.7. The van der Waals surface area contributed by atoms with Gasteiger partial charge in [0.2, 0.25) is 0 Å². The van der Waals surface area contributed by atoms with Crippen molar-refractivity contribution in [3.63, 3.8) is 0 Å². The number of halogens is 1. The second-order valence-electron chi connectivity index (χ2n) is 9.59. The number of aromatic nitrogens is 5. The van der Waals surface area contributed by atoms with Crippen LogP contribution in [0.25, 0.3) is 33.4 Å². The van der Waals surface area contributed by atoms with Gasteiger partial charge in [-0.2, -0.15) is 10.2 Å². The molecule has 174 valence electrons. The molecule has 1 N–H and O–H groups in total. The lowest BCUT2D eigenvalue weighted by atomic mass is 10.0. The van der Waals surface area contributed by atoms with Crippen LogP contribution >= 0.6 is 0 Å². The van der Waals surface area contributed by atoms with Crippen LogP contribution < -0.4 is 5.32 Å². The van der Waals surface area contributed by atoms with Crippen LogP contribution in [-0.4, -0.2) is 46.3 Å². The van der Waals surface area contributed by atoms with Gasteiger partial charge < -0.3 is 10.1 Å². The second-order valence-corrected chi connectivity index (χ2v) is 15.2. The Kier molecular flexibility index (Phi) is 6.36. The van der Waals surface area contributed by atoms with Gasteiger partial charge >= 0.3 is 0 Å². The number of ether oxygens (including phenoxy) is 1. The van der Waals surface area contributed by atoms with Crippen molar-refractivity contribution in [1.29, 1.82) is 0 Å². The largest absolute Gasteiger partial charge is 0.388 e. The van der Waals surface area contributed by atoms with Crippen LogP contribution in [0.5, 0.6) is 0 Å². The van der Waals surface area contributed by atoms with Gasteiger partial charge in [-0.15, -0.1) is 0 Å². The van der Waals surface area contributed by atoms with Crippen LogP contribution in [0.1, 0.15) is 5.56 Å². The minimum absolute atomic E-state index is 0.309. The summed E-state index contributed by atoms with van der Waals surface area (Å²) in [6, 6.07) is 6.41. The van der Waals surface area contributed by atoms with Crippen molar-refractivity contribution in [1.82, 2.24) is 24.5 Å². The molecule has 0 unspecified atom stereocenters. The van der Waals surface area contributed by atoms with E-state index >= 15 is 0 Å². The second kappa shape index (κ2) is 9.07. The van der Waals surface area contributed by atoms with Gasteiger partial charge in [0.15, 0.2) is 0 Å². The van der Waals surface area contributed by atoms with Crippen molar-refractivity contribution in [3.8, 4) is 22.5 Å². The number of fused-ring (bicyclic) bond motifs is 1. The van der Waals surface area contributed by atoms with Gasteiger partial charge in [0.25, 0.3) is 0 Å². The summed E-state index contributed by atoms with van der Waals surface area (Å²) in [7, 11) is 2.47. The number of nitrogens with zero attached hydrogens (tertiary/aromatic N) is 5. The lowest BCUT2D eigenvalue weighted by molar-refractivity contribution is 0.0818. The van der Waals surface area contributed by atoms with Gasteiger partial charge in [-0.05, 0) is 36.7 Å². The van der Waals surface area contributed by atoms with E-state index < -0.39 is 8.07 Å². The molecule has 4 rings (SSSR count). The van der Waals surface area contributed by atoms with E-state index in [0.717, 1.165) is 39.5 Å². The lowest BCUT2D eigenvalue weighted by Crippen LogP contribution is -2.22. The van der Waals surface area contributed by atoms with Gasteiger partial charge in [0, 0.05) is 57.2 Å². The SMILES string of the molecule is CNc1cc(C)c(-c2cc3c(-c4cnn(C)c4)nn(COCC[Si](C)(C)C)c3cn2)c(F)c1. The molecule has 0 atom stereocenters. The van der Waals surface area contributed by atoms with Crippen LogP contribution in [0.15, 0.2) is 36.8 Å². The Morgan fingerprint density at radius 3 is 2.58 bits per heavy atom. The predicted octanol–water partition coefficient (Wildman–Crippen LogP) is 5.30. The lowest BCUT2D eigenvalue weighted by Gasteiger charge is -2.15. The van der Waals surface area contributed by atoms with Gasteiger partial charge in [0.1, 0.15) is 18.2 Å². The maximum atomic E-state index is 15.0. The molecule has 0 amide bonds. The van der Waals surface area contributed by atoms with Gasteiger partial charge in [-0.1, -0.05) is 19.6 Å². The molecule has 0 bridgehead atoms. The molecule has 0 spiro atoms. The minimum atomic E-state index is -1.17. The van der Waals surface area contributed by atoms with Crippen molar-refractivity contribution in [3.05, 3.63) is 48.2 Å². The first kappa shape index (κ1) is 23.1. The third-order valence-corrected chi connectivity index (χ3v) is 7.36. The first-order valence-electron chi connectivity index (χ1n) is 11.1. The zero-order chi connectivity index (χ0) is 23.8. The van der Waals surface area contributed by atoms with Crippen LogP contribution in [0.4, 0.5) is 10.1 Å². The topological polar surface area (TPSA) is 69.8 Å². The minimum Gasteiger partial charge on any atom is -0.388 e. The molecular weight excluding hydrogens is 435 g/mol. The fraction of sp³-hybridized carbons (Fsp3) is 0.375. The summed E-state index contributed by atoms with van der Waals surface area (Å²) in [4.78, 5) is 4.60. The Labute approximate surface area is 194 Å². The highest BCUT2D eigenvalue weighted by atomic mass is 28.3. The molecule has 0 saturated carbocycles. The van der Waals surface area contributed by atoms with Crippen LogP contribution in [0.3, 0.4) is 0 Å². The number of pyridine rings is 1. The molecule has 4 aromatic rings. The smallest absolute Gasteiger partial charge is 0.140 e. The van der Waals surface area contributed by atoms with E-state index in [0.29, 0.717) is 24.6 Å². The van der Waals surface area contributed by atoms with Crippen molar-refractivity contribution in [2.45, 2.75) is 39.3 Å².